The summed E-state index contributed by atoms with van der Waals surface area (Å²) in [7, 11) is 0. The molecule has 3 fully saturated rings. The van der Waals surface area contributed by atoms with Crippen LogP contribution in [-0.4, -0.2) is 51.2 Å². The molecule has 2 saturated heterocycles. The molecule has 1 aromatic carbocycles. The average molecular weight is 442 g/mol. The maximum atomic E-state index is 15.0. The second-order valence-corrected chi connectivity index (χ2v) is 8.69. The molecule has 31 heavy (non-hydrogen) atoms. The quantitative estimate of drug-likeness (QED) is 0.622. The van der Waals surface area contributed by atoms with E-state index in [1.165, 1.54) is 6.33 Å². The van der Waals surface area contributed by atoms with Gasteiger partial charge in [-0.3, -0.25) is 0 Å². The minimum Gasteiger partial charge on any atom is -0.489 e. The minimum absolute atomic E-state index is 0.0360. The number of halogens is 2. The molecule has 2 bridgehead atoms. The average Bonchev–Trinajstić information content (AvgIpc) is 3.39. The highest BCUT2D eigenvalue weighted by atomic mass is 35.5. The maximum absolute atomic E-state index is 15.0. The van der Waals surface area contributed by atoms with Gasteiger partial charge in [-0.15, -0.1) is 0 Å². The van der Waals surface area contributed by atoms with Crippen molar-refractivity contribution in [1.82, 2.24) is 25.3 Å². The van der Waals surface area contributed by atoms with Crippen LogP contribution < -0.4 is 20.3 Å². The lowest BCUT2D eigenvalue weighted by Gasteiger charge is -2.27. The van der Waals surface area contributed by atoms with E-state index in [1.54, 1.807) is 18.3 Å². The number of piperazine rings is 1. The van der Waals surface area contributed by atoms with Crippen molar-refractivity contribution in [2.45, 2.75) is 43.9 Å². The van der Waals surface area contributed by atoms with Gasteiger partial charge in [0.2, 0.25) is 5.95 Å². The van der Waals surface area contributed by atoms with E-state index < -0.39 is 5.82 Å². The summed E-state index contributed by atoms with van der Waals surface area (Å²) >= 11 is 6.24. The van der Waals surface area contributed by atoms with E-state index in [-0.39, 0.29) is 16.8 Å². The molecule has 0 amide bonds. The number of hydrogen-bond acceptors (Lipinski definition) is 8. The topological polar surface area (TPSA) is 88.1 Å². The standard InChI is InChI=1S/C21H21ClFN7O/c22-17-16(31-13-2-1-3-13)5-4-14(18(17)23)28-20-19-15(26-10-27-20)8-25-21(29-19)30-9-11-6-12(30)7-24-11/h4-5,8,10-13,24H,1-3,6-7,9H2,(H,26,27,28)/t11-,12-/m0/s1. The monoisotopic (exact) mass is 441 g/mol. The number of ether oxygens (including phenoxy) is 1. The summed E-state index contributed by atoms with van der Waals surface area (Å²) < 4.78 is 20.8. The molecular weight excluding hydrogens is 421 g/mol. The normalized spacial score (nSPS) is 22.7. The molecule has 160 valence electrons. The highest BCUT2D eigenvalue weighted by Crippen LogP contribution is 2.37. The Morgan fingerprint density at radius 2 is 2.13 bits per heavy atom. The van der Waals surface area contributed by atoms with Crippen LogP contribution in [0.5, 0.6) is 5.75 Å². The molecular formula is C21H21ClFN7O. The molecule has 2 aliphatic heterocycles. The zero-order valence-corrected chi connectivity index (χ0v) is 17.4. The van der Waals surface area contributed by atoms with Gasteiger partial charge < -0.3 is 20.3 Å². The number of rotatable bonds is 5. The number of aromatic nitrogens is 4. The summed E-state index contributed by atoms with van der Waals surface area (Å²) in [6, 6.07) is 4.16. The maximum Gasteiger partial charge on any atom is 0.226 e. The molecule has 0 radical (unpaired) electrons. The van der Waals surface area contributed by atoms with Gasteiger partial charge in [0.1, 0.15) is 28.1 Å². The van der Waals surface area contributed by atoms with E-state index >= 15 is 0 Å². The van der Waals surface area contributed by atoms with Crippen molar-refractivity contribution < 1.29 is 9.13 Å². The first-order chi connectivity index (χ1) is 15.2. The Hall–Kier alpha value is -2.78. The van der Waals surface area contributed by atoms with Crippen LogP contribution in [0.4, 0.5) is 21.8 Å². The lowest BCUT2D eigenvalue weighted by molar-refractivity contribution is 0.120. The largest absolute Gasteiger partial charge is 0.489 e. The van der Waals surface area contributed by atoms with Gasteiger partial charge in [-0.1, -0.05) is 11.6 Å². The van der Waals surface area contributed by atoms with E-state index in [4.69, 9.17) is 21.3 Å². The SMILES string of the molecule is Fc1c(Nc2ncnc3cnc(N4C[C@@H]5C[C@H]4CN5)nc23)ccc(OC2CCC2)c1Cl. The summed E-state index contributed by atoms with van der Waals surface area (Å²) in [5.41, 5.74) is 1.32. The van der Waals surface area contributed by atoms with Gasteiger partial charge >= 0.3 is 0 Å². The molecule has 1 saturated carbocycles. The fourth-order valence-corrected chi connectivity index (χ4v) is 4.60. The van der Waals surface area contributed by atoms with Crippen LogP contribution in [-0.2, 0) is 0 Å². The van der Waals surface area contributed by atoms with Crippen LogP contribution in [0.25, 0.3) is 11.0 Å². The zero-order chi connectivity index (χ0) is 20.9. The number of nitrogens with one attached hydrogen (secondary N) is 2. The molecule has 2 N–H and O–H groups in total. The summed E-state index contributed by atoms with van der Waals surface area (Å²) in [6.07, 6.45) is 7.38. The van der Waals surface area contributed by atoms with Gasteiger partial charge in [-0.05, 0) is 37.8 Å². The molecule has 3 aliphatic rings. The van der Waals surface area contributed by atoms with E-state index in [1.807, 2.05) is 0 Å². The van der Waals surface area contributed by atoms with Crippen LogP contribution >= 0.6 is 11.6 Å². The molecule has 2 atom stereocenters. The van der Waals surface area contributed by atoms with Crippen LogP contribution in [0, 0.1) is 5.82 Å². The Kier molecular flexibility index (Phi) is 4.53. The van der Waals surface area contributed by atoms with Gasteiger partial charge in [0.25, 0.3) is 0 Å². The second-order valence-electron chi connectivity index (χ2n) is 8.31. The van der Waals surface area contributed by atoms with Gasteiger partial charge in [0, 0.05) is 25.2 Å². The molecule has 3 aromatic rings. The fourth-order valence-electron chi connectivity index (χ4n) is 4.40. The third-order valence-corrected chi connectivity index (χ3v) is 6.68. The van der Waals surface area contributed by atoms with E-state index in [2.05, 4.69) is 30.5 Å². The van der Waals surface area contributed by atoms with Gasteiger partial charge in [0.15, 0.2) is 11.6 Å². The second kappa shape index (κ2) is 7.42. The fraction of sp³-hybridized carbons (Fsp3) is 0.429. The number of anilines is 3. The van der Waals surface area contributed by atoms with E-state index in [0.717, 1.165) is 38.8 Å². The first-order valence-corrected chi connectivity index (χ1v) is 10.9. The third-order valence-electron chi connectivity index (χ3n) is 6.32. The Labute approximate surface area is 183 Å². The zero-order valence-electron chi connectivity index (χ0n) is 16.7. The Morgan fingerprint density at radius 3 is 2.87 bits per heavy atom. The Morgan fingerprint density at radius 1 is 1.23 bits per heavy atom. The summed E-state index contributed by atoms with van der Waals surface area (Å²) in [5.74, 6) is 0.826. The van der Waals surface area contributed by atoms with Crippen molar-refractivity contribution in [3.63, 3.8) is 0 Å². The molecule has 0 unspecified atom stereocenters. The smallest absolute Gasteiger partial charge is 0.226 e. The van der Waals surface area contributed by atoms with Crippen LogP contribution in [0.1, 0.15) is 25.7 Å². The lowest BCUT2D eigenvalue weighted by Crippen LogP contribution is -2.44. The van der Waals surface area contributed by atoms with Crippen molar-refractivity contribution in [3.8, 4) is 5.75 Å². The van der Waals surface area contributed by atoms with E-state index in [9.17, 15) is 4.39 Å². The van der Waals surface area contributed by atoms with Gasteiger partial charge in [-0.2, -0.15) is 0 Å². The van der Waals surface area contributed by atoms with Gasteiger partial charge in [-0.25, -0.2) is 24.3 Å². The molecule has 2 aromatic heterocycles. The highest BCUT2D eigenvalue weighted by Gasteiger charge is 2.39. The first kappa shape index (κ1) is 18.9. The molecule has 0 spiro atoms. The molecule has 8 nitrogen and oxygen atoms in total. The predicted octanol–water partition coefficient (Wildman–Crippen LogP) is 3.44. The van der Waals surface area contributed by atoms with Crippen LogP contribution in [0.15, 0.2) is 24.7 Å². The van der Waals surface area contributed by atoms with Gasteiger partial charge in [0.05, 0.1) is 18.0 Å². The molecule has 6 rings (SSSR count). The number of nitrogens with zero attached hydrogens (tertiary/aromatic N) is 5. The third kappa shape index (κ3) is 3.32. The Bertz CT molecular complexity index is 1160. The lowest BCUT2D eigenvalue weighted by atomic mass is 9.96. The number of hydrogen-bond donors (Lipinski definition) is 2. The van der Waals surface area contributed by atoms with Crippen molar-refractivity contribution in [2.24, 2.45) is 0 Å². The van der Waals surface area contributed by atoms with Crippen molar-refractivity contribution in [2.75, 3.05) is 23.3 Å². The highest BCUT2D eigenvalue weighted by molar-refractivity contribution is 6.32. The number of benzene rings is 1. The van der Waals surface area contributed by atoms with Crippen molar-refractivity contribution in [1.29, 1.82) is 0 Å². The first-order valence-electron chi connectivity index (χ1n) is 10.5. The predicted molar refractivity (Wildman–Crippen MR) is 116 cm³/mol. The molecule has 1 aliphatic carbocycles. The minimum atomic E-state index is -0.581. The van der Waals surface area contributed by atoms with E-state index in [0.29, 0.717) is 40.6 Å². The summed E-state index contributed by atoms with van der Waals surface area (Å²) in [6.45, 7) is 1.81. The molecule has 10 heteroatoms. The number of fused-ring (bicyclic) bond motifs is 3. The summed E-state index contributed by atoms with van der Waals surface area (Å²) in [5, 5.41) is 6.47. The molecule has 4 heterocycles. The van der Waals surface area contributed by atoms with Crippen molar-refractivity contribution in [3.05, 3.63) is 35.5 Å². The summed E-state index contributed by atoms with van der Waals surface area (Å²) in [4.78, 5) is 20.0. The van der Waals surface area contributed by atoms with Crippen LogP contribution in [0.2, 0.25) is 5.02 Å². The van der Waals surface area contributed by atoms with Crippen LogP contribution in [0.3, 0.4) is 0 Å². The van der Waals surface area contributed by atoms with Crippen molar-refractivity contribution >= 4 is 40.1 Å². The Balaban J connectivity index is 1.31.